The second kappa shape index (κ2) is 5.55. The van der Waals surface area contributed by atoms with E-state index < -0.39 is 12.2 Å². The Balaban J connectivity index is 2.53. The van der Waals surface area contributed by atoms with Crippen LogP contribution in [-0.2, 0) is 9.47 Å². The van der Waals surface area contributed by atoms with Gasteiger partial charge in [0, 0.05) is 6.54 Å². The number of hydrogen-bond donors (Lipinski definition) is 2. The van der Waals surface area contributed by atoms with Crippen LogP contribution in [0.5, 0.6) is 0 Å². The Morgan fingerprint density at radius 1 is 1.69 bits per heavy atom. The molecule has 1 aliphatic rings. The molecule has 1 saturated heterocycles. The zero-order valence-corrected chi connectivity index (χ0v) is 9.42. The molecule has 0 aromatic carbocycles. The molecule has 1 fully saturated rings. The molecule has 0 spiro atoms. The van der Waals surface area contributed by atoms with Crippen molar-refractivity contribution in [3.05, 3.63) is 0 Å². The van der Waals surface area contributed by atoms with Crippen molar-refractivity contribution >= 4 is 11.9 Å². The lowest BCUT2D eigenvalue weighted by molar-refractivity contribution is -0.00458. The van der Waals surface area contributed by atoms with Gasteiger partial charge in [-0.3, -0.25) is 0 Å². The van der Waals surface area contributed by atoms with Crippen LogP contribution in [-0.4, -0.2) is 53.9 Å². The molecule has 0 radical (unpaired) electrons. The third kappa shape index (κ3) is 3.27. The van der Waals surface area contributed by atoms with Crippen molar-refractivity contribution in [3.8, 4) is 0 Å². The second-order valence-electron chi connectivity index (χ2n) is 3.76. The van der Waals surface area contributed by atoms with Gasteiger partial charge >= 0.3 is 6.09 Å². The fraction of sp³-hybridized carbons (Fsp3) is 0.778. The molecular weight excluding hydrogens is 214 g/mol. The monoisotopic (exact) mass is 231 g/mol. The Labute approximate surface area is 93.8 Å². The molecule has 16 heavy (non-hydrogen) atoms. The predicted molar refractivity (Wildman–Crippen MR) is 56.3 cm³/mol. The van der Waals surface area contributed by atoms with Crippen LogP contribution in [0.4, 0.5) is 4.79 Å². The summed E-state index contributed by atoms with van der Waals surface area (Å²) >= 11 is 0. The van der Waals surface area contributed by atoms with Gasteiger partial charge < -0.3 is 25.3 Å². The fourth-order valence-electron chi connectivity index (χ4n) is 1.33. The van der Waals surface area contributed by atoms with Crippen LogP contribution in [0, 0.1) is 0 Å². The molecule has 3 N–H and O–H groups in total. The highest BCUT2D eigenvalue weighted by molar-refractivity contribution is 5.85. The highest BCUT2D eigenvalue weighted by Crippen LogP contribution is 2.08. The first-order valence-corrected chi connectivity index (χ1v) is 5.09. The quantitative estimate of drug-likeness (QED) is 0.301. The zero-order valence-electron chi connectivity index (χ0n) is 9.42. The Bertz CT molecular complexity index is 280. The summed E-state index contributed by atoms with van der Waals surface area (Å²) in [5, 5.41) is 11.4. The lowest BCUT2D eigenvalue weighted by atomic mass is 10.2. The normalized spacial score (nSPS) is 22.3. The van der Waals surface area contributed by atoms with Gasteiger partial charge in [-0.2, -0.15) is 0 Å². The molecule has 0 aromatic rings. The number of hydrogen-bond acceptors (Lipinski definition) is 5. The Hall–Kier alpha value is -1.50. The van der Waals surface area contributed by atoms with Gasteiger partial charge in [0.05, 0.1) is 19.3 Å². The van der Waals surface area contributed by atoms with Gasteiger partial charge in [-0.15, -0.1) is 0 Å². The minimum Gasteiger partial charge on any atom is -0.447 e. The summed E-state index contributed by atoms with van der Waals surface area (Å²) in [4.78, 5) is 13.0. The number of amides is 1. The zero-order chi connectivity index (χ0) is 12.1. The van der Waals surface area contributed by atoms with Crippen LogP contribution >= 0.6 is 0 Å². The Kier molecular flexibility index (Phi) is 4.36. The summed E-state index contributed by atoms with van der Waals surface area (Å²) < 4.78 is 10.3. The molecule has 1 unspecified atom stereocenters. The lowest BCUT2D eigenvalue weighted by Crippen LogP contribution is -2.50. The summed E-state index contributed by atoms with van der Waals surface area (Å²) in [6, 6.07) is 0. The first-order valence-electron chi connectivity index (χ1n) is 5.09. The third-order valence-electron chi connectivity index (χ3n) is 2.11. The highest BCUT2D eigenvalue weighted by atomic mass is 16.6. The number of carbonyl (C=O) groups is 1. The van der Waals surface area contributed by atoms with E-state index in [4.69, 9.17) is 20.4 Å². The molecule has 92 valence electrons. The topological polar surface area (TPSA) is 97.4 Å². The van der Waals surface area contributed by atoms with Crippen molar-refractivity contribution < 1.29 is 19.5 Å². The minimum absolute atomic E-state index is 0.0398. The van der Waals surface area contributed by atoms with Crippen LogP contribution in [0.25, 0.3) is 0 Å². The molecular formula is C9H17N3O4. The Morgan fingerprint density at radius 3 is 2.94 bits per heavy atom. The van der Waals surface area contributed by atoms with Gasteiger partial charge in [-0.05, 0) is 13.8 Å². The van der Waals surface area contributed by atoms with Crippen LogP contribution in [0.15, 0.2) is 5.16 Å². The summed E-state index contributed by atoms with van der Waals surface area (Å²) in [6.45, 7) is 4.58. The van der Waals surface area contributed by atoms with Gasteiger partial charge in [-0.25, -0.2) is 4.79 Å². The number of amidine groups is 1. The number of morpholine rings is 1. The van der Waals surface area contributed by atoms with Crippen molar-refractivity contribution in [1.29, 1.82) is 0 Å². The second-order valence-corrected chi connectivity index (χ2v) is 3.76. The number of oxime groups is 1. The van der Waals surface area contributed by atoms with Crippen molar-refractivity contribution in [2.45, 2.75) is 26.1 Å². The van der Waals surface area contributed by atoms with Crippen molar-refractivity contribution in [3.63, 3.8) is 0 Å². The van der Waals surface area contributed by atoms with E-state index in [1.54, 1.807) is 13.8 Å². The van der Waals surface area contributed by atoms with Gasteiger partial charge in [0.15, 0.2) is 5.84 Å². The van der Waals surface area contributed by atoms with E-state index in [1.807, 2.05) is 0 Å². The van der Waals surface area contributed by atoms with E-state index in [2.05, 4.69) is 5.16 Å². The summed E-state index contributed by atoms with van der Waals surface area (Å²) in [6.07, 6.45) is -1.15. The van der Waals surface area contributed by atoms with E-state index >= 15 is 0 Å². The third-order valence-corrected chi connectivity index (χ3v) is 2.11. The largest absolute Gasteiger partial charge is 0.447 e. The van der Waals surface area contributed by atoms with Crippen LogP contribution in [0.2, 0.25) is 0 Å². The number of rotatable bonds is 2. The molecule has 0 saturated carbocycles. The van der Waals surface area contributed by atoms with Gasteiger partial charge in [0.2, 0.25) is 0 Å². The highest BCUT2D eigenvalue weighted by Gasteiger charge is 2.28. The number of nitrogens with two attached hydrogens (primary N) is 1. The molecule has 1 atom stereocenters. The van der Waals surface area contributed by atoms with Crippen molar-refractivity contribution in [2.75, 3.05) is 19.7 Å². The predicted octanol–water partition coefficient (Wildman–Crippen LogP) is -0.0214. The van der Waals surface area contributed by atoms with Crippen molar-refractivity contribution in [2.24, 2.45) is 10.9 Å². The first-order chi connectivity index (χ1) is 7.54. The lowest BCUT2D eigenvalue weighted by Gasteiger charge is -2.31. The SMILES string of the molecule is CC(C)OC(=O)N1CCOC(C(N)=NO)C1. The van der Waals surface area contributed by atoms with E-state index in [-0.39, 0.29) is 18.5 Å². The fourth-order valence-corrected chi connectivity index (χ4v) is 1.33. The summed E-state index contributed by atoms with van der Waals surface area (Å²) in [5.41, 5.74) is 5.41. The Morgan fingerprint density at radius 2 is 2.38 bits per heavy atom. The standard InChI is InChI=1S/C9H17N3O4/c1-6(2)16-9(13)12-3-4-15-7(5-12)8(10)11-14/h6-7,14H,3-5H2,1-2H3,(H2,10,11). The smallest absolute Gasteiger partial charge is 0.410 e. The first kappa shape index (κ1) is 12.6. The van der Waals surface area contributed by atoms with Crippen molar-refractivity contribution in [1.82, 2.24) is 4.90 Å². The van der Waals surface area contributed by atoms with E-state index in [0.29, 0.717) is 13.2 Å². The van der Waals surface area contributed by atoms with E-state index in [0.717, 1.165) is 0 Å². The molecule has 1 amide bonds. The molecule has 0 bridgehead atoms. The minimum atomic E-state index is -0.571. The maximum Gasteiger partial charge on any atom is 0.410 e. The summed E-state index contributed by atoms with van der Waals surface area (Å²) in [7, 11) is 0. The van der Waals surface area contributed by atoms with E-state index in [1.165, 1.54) is 4.90 Å². The maximum atomic E-state index is 11.6. The molecule has 7 nitrogen and oxygen atoms in total. The molecule has 1 aliphatic heterocycles. The van der Waals surface area contributed by atoms with Crippen LogP contribution < -0.4 is 5.73 Å². The summed E-state index contributed by atoms with van der Waals surface area (Å²) in [5.74, 6) is -0.0398. The molecule has 0 aliphatic carbocycles. The van der Waals surface area contributed by atoms with Gasteiger partial charge in [0.25, 0.3) is 0 Å². The number of nitrogens with zero attached hydrogens (tertiary/aromatic N) is 2. The number of carbonyl (C=O) groups excluding carboxylic acids is 1. The molecule has 7 heteroatoms. The van der Waals surface area contributed by atoms with Gasteiger partial charge in [0.1, 0.15) is 6.10 Å². The van der Waals surface area contributed by atoms with Gasteiger partial charge in [-0.1, -0.05) is 5.16 Å². The maximum absolute atomic E-state index is 11.6. The molecule has 1 heterocycles. The number of ether oxygens (including phenoxy) is 2. The average molecular weight is 231 g/mol. The van der Waals surface area contributed by atoms with E-state index in [9.17, 15) is 4.79 Å². The van der Waals surface area contributed by atoms with Crippen LogP contribution in [0.1, 0.15) is 13.8 Å². The molecule has 1 rings (SSSR count). The molecule has 0 aromatic heterocycles. The average Bonchev–Trinajstić information content (AvgIpc) is 2.27. The van der Waals surface area contributed by atoms with Crippen LogP contribution in [0.3, 0.4) is 0 Å².